The molecule has 0 saturated carbocycles. The summed E-state index contributed by atoms with van der Waals surface area (Å²) in [6.45, 7) is 0. The van der Waals surface area contributed by atoms with Crippen LogP contribution in [0.3, 0.4) is 0 Å². The number of hydrogen-bond donors (Lipinski definition) is 2. The van der Waals surface area contributed by atoms with E-state index in [9.17, 15) is 23.3 Å². The Kier molecular flexibility index (Phi) is 6.90. The van der Waals surface area contributed by atoms with Gasteiger partial charge in [0.15, 0.2) is 11.6 Å². The lowest BCUT2D eigenvalue weighted by Gasteiger charge is -2.14. The third-order valence-electron chi connectivity index (χ3n) is 6.02. The maximum Gasteiger partial charge on any atom is 0.341 e. The zero-order chi connectivity index (χ0) is 27.0. The molecule has 2 aromatic heterocycles. The number of sulfonamides is 1. The van der Waals surface area contributed by atoms with Gasteiger partial charge in [0.1, 0.15) is 10.0 Å². The van der Waals surface area contributed by atoms with E-state index in [4.69, 9.17) is 16.3 Å². The zero-order valence-electron chi connectivity index (χ0n) is 19.9. The summed E-state index contributed by atoms with van der Waals surface area (Å²) in [6.07, 6.45) is 3.50. The predicted octanol–water partition coefficient (Wildman–Crippen LogP) is 5.46. The Morgan fingerprint density at radius 1 is 1.11 bits per heavy atom. The number of nitrogens with zero attached hydrogens (tertiary/aromatic N) is 3. The van der Waals surface area contributed by atoms with Crippen molar-refractivity contribution in [1.82, 2.24) is 9.97 Å². The average Bonchev–Trinajstić information content (AvgIpc) is 3.26. The van der Waals surface area contributed by atoms with Crippen molar-refractivity contribution in [2.24, 2.45) is 0 Å². The second-order valence-corrected chi connectivity index (χ2v) is 11.6. The number of nitro benzene ring substituents is 1. The molecule has 14 heteroatoms. The van der Waals surface area contributed by atoms with Gasteiger partial charge >= 0.3 is 5.97 Å². The number of nitrogens with one attached hydrogen (secondary N) is 2. The Morgan fingerprint density at radius 2 is 1.79 bits per heavy atom. The van der Waals surface area contributed by atoms with E-state index >= 15 is 0 Å². The molecule has 1 aliphatic rings. The number of fused-ring (bicyclic) bond motifs is 2. The summed E-state index contributed by atoms with van der Waals surface area (Å²) >= 11 is 7.24. The molecule has 0 spiro atoms. The van der Waals surface area contributed by atoms with Gasteiger partial charge in [0.05, 0.1) is 33.5 Å². The van der Waals surface area contributed by atoms with Crippen LogP contribution in [0, 0.1) is 10.1 Å². The van der Waals surface area contributed by atoms with E-state index in [1.165, 1.54) is 18.4 Å². The highest BCUT2D eigenvalue weighted by Crippen LogP contribution is 2.41. The number of aryl methyl sites for hydroxylation is 1. The number of thiophene rings is 1. The first-order valence-electron chi connectivity index (χ1n) is 11.4. The smallest absolute Gasteiger partial charge is 0.341 e. The maximum absolute atomic E-state index is 13.3. The average molecular weight is 574 g/mol. The molecule has 0 fully saturated rings. The summed E-state index contributed by atoms with van der Waals surface area (Å²) in [4.78, 5) is 32.9. The number of esters is 1. The van der Waals surface area contributed by atoms with E-state index in [1.807, 2.05) is 0 Å². The van der Waals surface area contributed by atoms with E-state index in [1.54, 1.807) is 24.3 Å². The van der Waals surface area contributed by atoms with Gasteiger partial charge in [-0.25, -0.2) is 23.2 Å². The molecule has 38 heavy (non-hydrogen) atoms. The number of carbonyl (C=O) groups is 1. The first-order valence-corrected chi connectivity index (χ1v) is 14.1. The standard InChI is InChI=1S/C24H20ClN5O6S2/c1-36-24(31)20-14-6-2-5-9-19(14)37-23(20)28-21-22(27-17-8-4-3-7-16(17)26-21)29-38(34,35)13-10-11-15(25)18(12-13)30(32)33/h3-4,7-8,10-12H,2,5-6,9H2,1H3,(H,26,28)(H,27,29). The van der Waals surface area contributed by atoms with Gasteiger partial charge < -0.3 is 10.1 Å². The number of nitro groups is 1. The van der Waals surface area contributed by atoms with Crippen LogP contribution in [-0.4, -0.2) is 36.4 Å². The monoisotopic (exact) mass is 573 g/mol. The number of halogens is 1. The van der Waals surface area contributed by atoms with Crippen molar-refractivity contribution >= 4 is 72.3 Å². The Morgan fingerprint density at radius 3 is 2.47 bits per heavy atom. The number of carbonyl (C=O) groups excluding carboxylic acids is 1. The fourth-order valence-electron chi connectivity index (χ4n) is 4.22. The second-order valence-electron chi connectivity index (χ2n) is 8.42. The van der Waals surface area contributed by atoms with Gasteiger partial charge in [0.25, 0.3) is 15.7 Å². The first kappa shape index (κ1) is 25.8. The van der Waals surface area contributed by atoms with E-state index in [-0.39, 0.29) is 21.6 Å². The van der Waals surface area contributed by atoms with Crippen molar-refractivity contribution < 1.29 is 22.9 Å². The molecule has 196 valence electrons. The second kappa shape index (κ2) is 10.2. The van der Waals surface area contributed by atoms with Crippen LogP contribution in [0.1, 0.15) is 33.6 Å². The van der Waals surface area contributed by atoms with E-state index in [0.29, 0.717) is 21.6 Å². The van der Waals surface area contributed by atoms with Gasteiger partial charge in [0.2, 0.25) is 0 Å². The lowest BCUT2D eigenvalue weighted by Crippen LogP contribution is -2.16. The van der Waals surface area contributed by atoms with Crippen LogP contribution >= 0.6 is 22.9 Å². The molecule has 2 N–H and O–H groups in total. The topological polar surface area (TPSA) is 153 Å². The van der Waals surface area contributed by atoms with Gasteiger partial charge in [-0.15, -0.1) is 11.3 Å². The van der Waals surface area contributed by atoms with Gasteiger partial charge in [-0.1, -0.05) is 23.7 Å². The quantitative estimate of drug-likeness (QED) is 0.166. The largest absolute Gasteiger partial charge is 0.465 e. The third kappa shape index (κ3) is 4.87. The summed E-state index contributed by atoms with van der Waals surface area (Å²) in [5.74, 6) is -0.598. The number of ether oxygens (including phenoxy) is 1. The highest BCUT2D eigenvalue weighted by Gasteiger charge is 2.28. The molecule has 1 aliphatic carbocycles. The van der Waals surface area contributed by atoms with Crippen LogP contribution in [0.15, 0.2) is 47.4 Å². The van der Waals surface area contributed by atoms with Gasteiger partial charge in [-0.05, 0) is 55.5 Å². The van der Waals surface area contributed by atoms with E-state index in [2.05, 4.69) is 20.0 Å². The van der Waals surface area contributed by atoms with E-state index in [0.717, 1.165) is 54.3 Å². The zero-order valence-corrected chi connectivity index (χ0v) is 22.2. The fourth-order valence-corrected chi connectivity index (χ4v) is 6.72. The summed E-state index contributed by atoms with van der Waals surface area (Å²) in [5.41, 5.74) is 1.66. The van der Waals surface area contributed by atoms with Crippen LogP contribution in [0.4, 0.5) is 22.3 Å². The highest BCUT2D eigenvalue weighted by molar-refractivity contribution is 7.92. The lowest BCUT2D eigenvalue weighted by atomic mass is 9.95. The maximum atomic E-state index is 13.3. The molecule has 0 aliphatic heterocycles. The molecule has 0 bridgehead atoms. The molecule has 4 aromatic rings. The molecular formula is C24H20ClN5O6S2. The predicted molar refractivity (Wildman–Crippen MR) is 144 cm³/mol. The molecular weight excluding hydrogens is 554 g/mol. The molecule has 5 rings (SSSR count). The molecule has 11 nitrogen and oxygen atoms in total. The van der Waals surface area contributed by atoms with Crippen molar-refractivity contribution in [2.75, 3.05) is 17.1 Å². The van der Waals surface area contributed by atoms with Crippen LogP contribution in [0.5, 0.6) is 0 Å². The van der Waals surface area contributed by atoms with Gasteiger partial charge in [-0.2, -0.15) is 0 Å². The Balaban J connectivity index is 1.61. The minimum absolute atomic E-state index is 0.0551. The SMILES string of the molecule is COC(=O)c1c(Nc2nc3ccccc3nc2NS(=O)(=O)c2ccc(Cl)c([N+](=O)[O-])c2)sc2c1CCCC2. The number of anilines is 3. The minimum Gasteiger partial charge on any atom is -0.465 e. The van der Waals surface area contributed by atoms with Crippen molar-refractivity contribution in [3.63, 3.8) is 0 Å². The molecule has 2 aromatic carbocycles. The van der Waals surface area contributed by atoms with Crippen molar-refractivity contribution in [3.05, 3.63) is 73.6 Å². The number of para-hydroxylation sites is 2. The number of methoxy groups -OCH3 is 1. The molecule has 0 saturated heterocycles. The van der Waals surface area contributed by atoms with Crippen molar-refractivity contribution in [3.8, 4) is 0 Å². The number of benzene rings is 2. The Hall–Kier alpha value is -3.81. The van der Waals surface area contributed by atoms with Crippen molar-refractivity contribution in [1.29, 1.82) is 0 Å². The molecule has 0 atom stereocenters. The Labute approximate surface area is 226 Å². The van der Waals surface area contributed by atoms with Gasteiger partial charge in [0, 0.05) is 10.9 Å². The molecule has 0 radical (unpaired) electrons. The first-order chi connectivity index (χ1) is 18.2. The molecule has 0 amide bonds. The number of aromatic nitrogens is 2. The van der Waals surface area contributed by atoms with E-state index < -0.39 is 26.6 Å². The third-order valence-corrected chi connectivity index (χ3v) is 8.88. The summed E-state index contributed by atoms with van der Waals surface area (Å²) in [6, 6.07) is 10.0. The lowest BCUT2D eigenvalue weighted by molar-refractivity contribution is -0.384. The number of hydrogen-bond acceptors (Lipinski definition) is 10. The van der Waals surface area contributed by atoms with Crippen LogP contribution in [0.25, 0.3) is 11.0 Å². The Bertz CT molecular complexity index is 1710. The summed E-state index contributed by atoms with van der Waals surface area (Å²) < 4.78 is 33.9. The van der Waals surface area contributed by atoms with Crippen LogP contribution in [0.2, 0.25) is 5.02 Å². The van der Waals surface area contributed by atoms with Crippen LogP contribution in [-0.2, 0) is 27.6 Å². The number of rotatable bonds is 7. The van der Waals surface area contributed by atoms with Gasteiger partial charge in [-0.3, -0.25) is 14.8 Å². The summed E-state index contributed by atoms with van der Waals surface area (Å²) in [7, 11) is -3.04. The molecule has 2 heterocycles. The van der Waals surface area contributed by atoms with Crippen LogP contribution < -0.4 is 10.0 Å². The summed E-state index contributed by atoms with van der Waals surface area (Å²) in [5, 5.41) is 14.7. The fraction of sp³-hybridized carbons (Fsp3) is 0.208. The molecule has 0 unspecified atom stereocenters. The highest BCUT2D eigenvalue weighted by atomic mass is 35.5. The normalized spacial score (nSPS) is 13.1. The van der Waals surface area contributed by atoms with Crippen molar-refractivity contribution in [2.45, 2.75) is 30.6 Å². The minimum atomic E-state index is -4.35.